The van der Waals surface area contributed by atoms with Crippen LogP contribution >= 0.6 is 23.4 Å². The molecular formula is C15H22ClN3S. The monoisotopic (exact) mass is 311 g/mol. The van der Waals surface area contributed by atoms with Crippen molar-refractivity contribution in [2.24, 2.45) is 0 Å². The van der Waals surface area contributed by atoms with Crippen LogP contribution < -0.4 is 5.32 Å². The van der Waals surface area contributed by atoms with Gasteiger partial charge in [0.15, 0.2) is 0 Å². The number of aromatic nitrogens is 2. The highest BCUT2D eigenvalue weighted by atomic mass is 35.5. The fourth-order valence-corrected chi connectivity index (χ4v) is 4.01. The van der Waals surface area contributed by atoms with Crippen LogP contribution in [-0.4, -0.2) is 27.5 Å². The molecule has 0 saturated heterocycles. The van der Waals surface area contributed by atoms with Crippen molar-refractivity contribution in [3.8, 4) is 0 Å². The molecule has 110 valence electrons. The molecule has 3 rings (SSSR count). The highest BCUT2D eigenvalue weighted by Gasteiger charge is 2.33. The third-order valence-electron chi connectivity index (χ3n) is 4.57. The molecule has 0 radical (unpaired) electrons. The standard InChI is InChI=1S/C15H22ClN3S/c1-10-12(16)18-14(11-5-6-11)19-13(10)17-9-15(20-2)7-3-4-8-15/h11H,3-9H2,1-2H3,(H,17,18,19). The zero-order valence-corrected chi connectivity index (χ0v) is 13.8. The Morgan fingerprint density at radius 1 is 1.30 bits per heavy atom. The van der Waals surface area contributed by atoms with Gasteiger partial charge in [0.05, 0.1) is 0 Å². The number of anilines is 1. The van der Waals surface area contributed by atoms with Crippen molar-refractivity contribution in [2.45, 2.75) is 56.1 Å². The first-order valence-electron chi connectivity index (χ1n) is 7.47. The van der Waals surface area contributed by atoms with Crippen molar-refractivity contribution in [3.63, 3.8) is 0 Å². The first kappa shape index (κ1) is 14.5. The molecule has 0 amide bonds. The third-order valence-corrected chi connectivity index (χ3v) is 6.36. The second kappa shape index (κ2) is 5.72. The molecule has 2 fully saturated rings. The Morgan fingerprint density at radius 3 is 2.60 bits per heavy atom. The Balaban J connectivity index is 1.76. The smallest absolute Gasteiger partial charge is 0.137 e. The van der Waals surface area contributed by atoms with E-state index in [9.17, 15) is 0 Å². The topological polar surface area (TPSA) is 37.8 Å². The van der Waals surface area contributed by atoms with Gasteiger partial charge in [-0.25, -0.2) is 9.97 Å². The van der Waals surface area contributed by atoms with Crippen LogP contribution in [0.4, 0.5) is 5.82 Å². The van der Waals surface area contributed by atoms with Gasteiger partial charge in [0.2, 0.25) is 0 Å². The summed E-state index contributed by atoms with van der Waals surface area (Å²) >= 11 is 8.25. The number of nitrogens with zero attached hydrogens (tertiary/aromatic N) is 2. The van der Waals surface area contributed by atoms with Crippen LogP contribution in [0.1, 0.15) is 55.8 Å². The first-order valence-corrected chi connectivity index (χ1v) is 9.07. The Morgan fingerprint density at radius 2 is 2.00 bits per heavy atom. The summed E-state index contributed by atoms with van der Waals surface area (Å²) in [4.78, 5) is 9.13. The fraction of sp³-hybridized carbons (Fsp3) is 0.733. The van der Waals surface area contributed by atoms with Gasteiger partial charge < -0.3 is 5.32 Å². The van der Waals surface area contributed by atoms with E-state index in [4.69, 9.17) is 16.6 Å². The van der Waals surface area contributed by atoms with Gasteiger partial charge in [-0.05, 0) is 38.9 Å². The van der Waals surface area contributed by atoms with Crippen molar-refractivity contribution in [1.29, 1.82) is 0 Å². The molecule has 2 aliphatic rings. The Bertz CT molecular complexity index is 496. The number of hydrogen-bond donors (Lipinski definition) is 1. The zero-order valence-electron chi connectivity index (χ0n) is 12.2. The van der Waals surface area contributed by atoms with Gasteiger partial charge >= 0.3 is 0 Å². The minimum atomic E-state index is 0.379. The van der Waals surface area contributed by atoms with Gasteiger partial charge in [-0.1, -0.05) is 24.4 Å². The Hall–Kier alpha value is -0.480. The van der Waals surface area contributed by atoms with Crippen LogP contribution in [0.5, 0.6) is 0 Å². The Labute approximate surface area is 130 Å². The molecule has 2 saturated carbocycles. The first-order chi connectivity index (χ1) is 9.63. The molecule has 20 heavy (non-hydrogen) atoms. The molecule has 0 spiro atoms. The van der Waals surface area contributed by atoms with E-state index >= 15 is 0 Å². The molecule has 0 aromatic carbocycles. The average molecular weight is 312 g/mol. The lowest BCUT2D eigenvalue weighted by molar-refractivity contribution is 0.637. The summed E-state index contributed by atoms with van der Waals surface area (Å²) in [6.07, 6.45) is 9.92. The van der Waals surface area contributed by atoms with E-state index in [2.05, 4.69) is 16.6 Å². The maximum atomic E-state index is 6.26. The molecule has 1 N–H and O–H groups in total. The van der Waals surface area contributed by atoms with E-state index in [-0.39, 0.29) is 0 Å². The number of hydrogen-bond acceptors (Lipinski definition) is 4. The molecule has 5 heteroatoms. The molecule has 2 aliphatic carbocycles. The van der Waals surface area contributed by atoms with Gasteiger partial charge in [-0.3, -0.25) is 0 Å². The lowest BCUT2D eigenvalue weighted by Gasteiger charge is -2.27. The van der Waals surface area contributed by atoms with Crippen LogP contribution in [0.2, 0.25) is 5.15 Å². The second-order valence-electron chi connectivity index (χ2n) is 6.07. The molecule has 1 aromatic rings. The molecule has 0 atom stereocenters. The predicted octanol–water partition coefficient (Wildman–Crippen LogP) is 4.40. The molecular weight excluding hydrogens is 290 g/mol. The number of thioether (sulfide) groups is 1. The number of rotatable bonds is 5. The fourth-order valence-electron chi connectivity index (χ4n) is 2.92. The second-order valence-corrected chi connectivity index (χ2v) is 7.70. The van der Waals surface area contributed by atoms with Crippen molar-refractivity contribution in [2.75, 3.05) is 18.1 Å². The molecule has 1 heterocycles. The van der Waals surface area contributed by atoms with Crippen molar-refractivity contribution in [3.05, 3.63) is 16.5 Å². The number of nitrogens with one attached hydrogen (secondary N) is 1. The van der Waals surface area contributed by atoms with Gasteiger partial charge in [0.1, 0.15) is 16.8 Å². The van der Waals surface area contributed by atoms with Crippen molar-refractivity contribution in [1.82, 2.24) is 9.97 Å². The van der Waals surface area contributed by atoms with Crippen LogP contribution in [-0.2, 0) is 0 Å². The summed E-state index contributed by atoms with van der Waals surface area (Å²) in [6, 6.07) is 0. The summed E-state index contributed by atoms with van der Waals surface area (Å²) in [5.74, 6) is 2.40. The summed E-state index contributed by atoms with van der Waals surface area (Å²) in [5, 5.41) is 4.16. The summed E-state index contributed by atoms with van der Waals surface area (Å²) < 4.78 is 0.379. The van der Waals surface area contributed by atoms with Crippen LogP contribution in [0, 0.1) is 6.92 Å². The average Bonchev–Trinajstić information content (AvgIpc) is 3.20. The van der Waals surface area contributed by atoms with Gasteiger partial charge in [-0.2, -0.15) is 11.8 Å². The lowest BCUT2D eigenvalue weighted by atomic mass is 10.1. The summed E-state index contributed by atoms with van der Waals surface area (Å²) in [5.41, 5.74) is 0.977. The van der Waals surface area contributed by atoms with Gasteiger partial charge in [-0.15, -0.1) is 0 Å². The van der Waals surface area contributed by atoms with E-state index in [1.807, 2.05) is 18.7 Å². The minimum absolute atomic E-state index is 0.379. The normalized spacial score (nSPS) is 21.1. The largest absolute Gasteiger partial charge is 0.368 e. The molecule has 3 nitrogen and oxygen atoms in total. The Kier molecular flexibility index (Phi) is 4.14. The van der Waals surface area contributed by atoms with E-state index in [0.29, 0.717) is 15.8 Å². The van der Waals surface area contributed by atoms with Gasteiger partial charge in [0.25, 0.3) is 0 Å². The van der Waals surface area contributed by atoms with Crippen LogP contribution in [0.3, 0.4) is 0 Å². The van der Waals surface area contributed by atoms with E-state index in [1.54, 1.807) is 0 Å². The predicted molar refractivity (Wildman–Crippen MR) is 87.0 cm³/mol. The van der Waals surface area contributed by atoms with Gasteiger partial charge in [0, 0.05) is 22.8 Å². The maximum absolute atomic E-state index is 6.26. The maximum Gasteiger partial charge on any atom is 0.137 e. The molecule has 1 aromatic heterocycles. The summed E-state index contributed by atoms with van der Waals surface area (Å²) in [7, 11) is 0. The molecule has 0 unspecified atom stereocenters. The van der Waals surface area contributed by atoms with Crippen LogP contribution in [0.15, 0.2) is 0 Å². The summed E-state index contributed by atoms with van der Waals surface area (Å²) in [6.45, 7) is 2.98. The van der Waals surface area contributed by atoms with Crippen molar-refractivity contribution >= 4 is 29.2 Å². The highest BCUT2D eigenvalue weighted by molar-refractivity contribution is 8.00. The van der Waals surface area contributed by atoms with Crippen LogP contribution in [0.25, 0.3) is 0 Å². The minimum Gasteiger partial charge on any atom is -0.368 e. The van der Waals surface area contributed by atoms with Crippen molar-refractivity contribution < 1.29 is 0 Å². The lowest BCUT2D eigenvalue weighted by Crippen LogP contribution is -2.30. The SMILES string of the molecule is CSC1(CNc2nc(C3CC3)nc(Cl)c2C)CCCC1. The van der Waals surface area contributed by atoms with E-state index in [1.165, 1.54) is 38.5 Å². The zero-order chi connectivity index (χ0) is 14.2. The quantitative estimate of drug-likeness (QED) is 0.818. The molecule has 0 aliphatic heterocycles. The third kappa shape index (κ3) is 2.91. The number of halogens is 1. The van der Waals surface area contributed by atoms with E-state index < -0.39 is 0 Å². The highest BCUT2D eigenvalue weighted by Crippen LogP contribution is 2.41. The van der Waals surface area contributed by atoms with E-state index in [0.717, 1.165) is 23.8 Å². The molecule has 0 bridgehead atoms.